The molecule has 1 aromatic carbocycles. The van der Waals surface area contributed by atoms with Gasteiger partial charge in [-0.05, 0) is 18.6 Å². The lowest BCUT2D eigenvalue weighted by atomic mass is 9.80. The van der Waals surface area contributed by atoms with E-state index in [9.17, 15) is 4.79 Å². The van der Waals surface area contributed by atoms with Gasteiger partial charge in [-0.1, -0.05) is 12.1 Å². The Balaban J connectivity index is 1.54. The first-order chi connectivity index (χ1) is 10.2. The highest BCUT2D eigenvalue weighted by molar-refractivity contribution is 5.97. The predicted octanol–water partition coefficient (Wildman–Crippen LogP) is 1.62. The van der Waals surface area contributed by atoms with Gasteiger partial charge in [0.1, 0.15) is 19.0 Å². The van der Waals surface area contributed by atoms with Gasteiger partial charge in [0.05, 0.1) is 20.2 Å². The summed E-state index contributed by atoms with van der Waals surface area (Å²) in [6.07, 6.45) is 1.38. The average molecular weight is 287 g/mol. The molecule has 0 spiro atoms. The second kappa shape index (κ2) is 4.82. The van der Waals surface area contributed by atoms with E-state index in [2.05, 4.69) is 4.90 Å². The molecule has 5 rings (SSSR count). The van der Waals surface area contributed by atoms with Crippen molar-refractivity contribution in [3.05, 3.63) is 29.8 Å². The second-order valence-corrected chi connectivity index (χ2v) is 7.17. The van der Waals surface area contributed by atoms with Gasteiger partial charge in [-0.15, -0.1) is 0 Å². The molecule has 4 aliphatic heterocycles. The predicted molar refractivity (Wildman–Crippen MR) is 80.2 cm³/mol. The van der Waals surface area contributed by atoms with Crippen LogP contribution < -0.4 is 4.74 Å². The summed E-state index contributed by atoms with van der Waals surface area (Å²) in [4.78, 5) is 15.3. The normalized spacial score (nSPS) is 36.7. The molecule has 2 atom stereocenters. The number of hydrogen-bond acceptors (Lipinski definition) is 3. The molecule has 4 bridgehead atoms. The molecule has 0 amide bonds. The highest BCUT2D eigenvalue weighted by Gasteiger charge is 2.51. The highest BCUT2D eigenvalue weighted by Crippen LogP contribution is 2.38. The molecule has 0 N–H and O–H groups in total. The van der Waals surface area contributed by atoms with Crippen molar-refractivity contribution in [2.45, 2.75) is 6.42 Å². The summed E-state index contributed by atoms with van der Waals surface area (Å²) in [6.45, 7) is 6.62. The zero-order valence-corrected chi connectivity index (χ0v) is 12.6. The Hall–Kier alpha value is -1.39. The van der Waals surface area contributed by atoms with Gasteiger partial charge in [0, 0.05) is 30.5 Å². The number of carbonyl (C=O) groups is 1. The number of hydrogen-bond donors (Lipinski definition) is 0. The molecular weight excluding hydrogens is 264 g/mol. The fourth-order valence-corrected chi connectivity index (χ4v) is 4.89. The topological polar surface area (TPSA) is 29.5 Å². The van der Waals surface area contributed by atoms with Crippen molar-refractivity contribution < 1.29 is 14.0 Å². The third kappa shape index (κ3) is 2.36. The van der Waals surface area contributed by atoms with Crippen LogP contribution in [0.3, 0.4) is 0 Å². The fourth-order valence-electron chi connectivity index (χ4n) is 4.89. The zero-order chi connectivity index (χ0) is 14.4. The van der Waals surface area contributed by atoms with Crippen molar-refractivity contribution in [3.8, 4) is 5.75 Å². The maximum atomic E-state index is 12.7. The van der Waals surface area contributed by atoms with Crippen molar-refractivity contribution in [2.75, 3.05) is 46.5 Å². The molecular formula is C17H23N2O2+. The Morgan fingerprint density at radius 3 is 2.76 bits per heavy atom. The van der Waals surface area contributed by atoms with E-state index in [-0.39, 0.29) is 5.78 Å². The van der Waals surface area contributed by atoms with Gasteiger partial charge in [0.25, 0.3) is 0 Å². The molecule has 4 fully saturated rings. The molecule has 4 heteroatoms. The van der Waals surface area contributed by atoms with Gasteiger partial charge < -0.3 is 9.22 Å². The molecule has 4 saturated heterocycles. The molecule has 4 nitrogen and oxygen atoms in total. The van der Waals surface area contributed by atoms with E-state index >= 15 is 0 Å². The van der Waals surface area contributed by atoms with Crippen molar-refractivity contribution >= 4 is 5.78 Å². The smallest absolute Gasteiger partial charge is 0.217 e. The van der Waals surface area contributed by atoms with Crippen LogP contribution >= 0.6 is 0 Å². The molecule has 4 heterocycles. The molecule has 21 heavy (non-hydrogen) atoms. The van der Waals surface area contributed by atoms with E-state index in [0.29, 0.717) is 6.54 Å². The number of benzene rings is 1. The lowest BCUT2D eigenvalue weighted by molar-refractivity contribution is -0.954. The van der Waals surface area contributed by atoms with Gasteiger partial charge in [0.15, 0.2) is 0 Å². The fraction of sp³-hybridized carbons (Fsp3) is 0.588. The summed E-state index contributed by atoms with van der Waals surface area (Å²) in [5.74, 6) is 2.65. The minimum atomic E-state index is 0.261. The van der Waals surface area contributed by atoms with Crippen molar-refractivity contribution in [1.82, 2.24) is 4.90 Å². The molecule has 0 aliphatic carbocycles. The first-order valence-corrected chi connectivity index (χ1v) is 7.90. The van der Waals surface area contributed by atoms with Crippen LogP contribution in [0.15, 0.2) is 24.3 Å². The van der Waals surface area contributed by atoms with Crippen LogP contribution in [-0.4, -0.2) is 61.7 Å². The molecule has 0 radical (unpaired) electrons. The highest BCUT2D eigenvalue weighted by atomic mass is 16.5. The number of ether oxygens (including phenoxy) is 1. The van der Waals surface area contributed by atoms with Crippen LogP contribution in [0.1, 0.15) is 16.8 Å². The van der Waals surface area contributed by atoms with Gasteiger partial charge in [-0.2, -0.15) is 0 Å². The van der Waals surface area contributed by atoms with Gasteiger partial charge >= 0.3 is 0 Å². The van der Waals surface area contributed by atoms with Crippen LogP contribution in [0.5, 0.6) is 5.75 Å². The van der Waals surface area contributed by atoms with E-state index in [1.54, 1.807) is 7.11 Å². The SMILES string of the molecule is COc1cccc(C(=O)C[N+]23CC4CC(CN(C4)C2)C3)c1. The summed E-state index contributed by atoms with van der Waals surface area (Å²) in [5.41, 5.74) is 0.790. The van der Waals surface area contributed by atoms with E-state index in [1.165, 1.54) is 32.6 Å². The number of ketones is 1. The van der Waals surface area contributed by atoms with Gasteiger partial charge in [-0.3, -0.25) is 9.69 Å². The molecule has 0 aromatic heterocycles. The van der Waals surface area contributed by atoms with Crippen LogP contribution in [0.25, 0.3) is 0 Å². The first-order valence-electron chi connectivity index (χ1n) is 7.90. The first kappa shape index (κ1) is 13.3. The number of Topliss-reactive ketones (excluding diaryl/α,β-unsaturated/α-hetero) is 1. The summed E-state index contributed by atoms with van der Waals surface area (Å²) in [5, 5.41) is 0. The lowest BCUT2D eigenvalue weighted by Crippen LogP contribution is -2.72. The number of methoxy groups -OCH3 is 1. The van der Waals surface area contributed by atoms with Crippen molar-refractivity contribution in [3.63, 3.8) is 0 Å². The minimum absolute atomic E-state index is 0.261. The number of piperidine rings is 2. The molecule has 1 aromatic rings. The molecule has 2 unspecified atom stereocenters. The summed E-state index contributed by atoms with van der Waals surface area (Å²) in [7, 11) is 1.64. The number of carbonyl (C=O) groups excluding carboxylic acids is 1. The maximum Gasteiger partial charge on any atom is 0.217 e. The zero-order valence-electron chi connectivity index (χ0n) is 12.6. The lowest BCUT2D eigenvalue weighted by Gasteiger charge is -2.58. The Morgan fingerprint density at radius 2 is 2.10 bits per heavy atom. The van der Waals surface area contributed by atoms with Crippen molar-refractivity contribution in [1.29, 1.82) is 0 Å². The molecule has 4 aliphatic rings. The number of quaternary nitrogens is 1. The van der Waals surface area contributed by atoms with E-state index in [1.807, 2.05) is 24.3 Å². The quantitative estimate of drug-likeness (QED) is 0.622. The van der Waals surface area contributed by atoms with Crippen LogP contribution in [0.2, 0.25) is 0 Å². The average Bonchev–Trinajstić information content (AvgIpc) is 2.45. The van der Waals surface area contributed by atoms with Crippen LogP contribution in [0.4, 0.5) is 0 Å². The third-order valence-corrected chi connectivity index (χ3v) is 5.36. The van der Waals surface area contributed by atoms with E-state index < -0.39 is 0 Å². The van der Waals surface area contributed by atoms with Crippen LogP contribution in [0, 0.1) is 11.8 Å². The van der Waals surface area contributed by atoms with Crippen LogP contribution in [-0.2, 0) is 0 Å². The summed E-state index contributed by atoms with van der Waals surface area (Å²) < 4.78 is 6.22. The maximum absolute atomic E-state index is 12.7. The Bertz CT molecular complexity index is 534. The number of rotatable bonds is 4. The number of nitrogens with zero attached hydrogens (tertiary/aromatic N) is 2. The van der Waals surface area contributed by atoms with Gasteiger partial charge in [0.2, 0.25) is 5.78 Å². The van der Waals surface area contributed by atoms with E-state index in [0.717, 1.165) is 34.3 Å². The van der Waals surface area contributed by atoms with Gasteiger partial charge in [-0.25, -0.2) is 0 Å². The van der Waals surface area contributed by atoms with E-state index in [4.69, 9.17) is 4.74 Å². The summed E-state index contributed by atoms with van der Waals surface area (Å²) >= 11 is 0. The largest absolute Gasteiger partial charge is 0.497 e. The molecule has 112 valence electrons. The second-order valence-electron chi connectivity index (χ2n) is 7.17. The summed E-state index contributed by atoms with van der Waals surface area (Å²) in [6, 6.07) is 7.58. The standard InChI is InChI=1S/C17H23N2O2/c1-21-16-4-2-3-15(6-16)17(20)11-19-9-13-5-14(10-19)8-18(7-13)12-19/h2-4,6,13-14H,5,7-12H2,1H3/q+1. The van der Waals surface area contributed by atoms with Crippen molar-refractivity contribution in [2.24, 2.45) is 11.8 Å². The third-order valence-electron chi connectivity index (χ3n) is 5.36. The Labute approximate surface area is 125 Å². The Morgan fingerprint density at radius 1 is 1.33 bits per heavy atom. The molecule has 0 saturated carbocycles. The monoisotopic (exact) mass is 287 g/mol. The minimum Gasteiger partial charge on any atom is -0.497 e. The Kier molecular flexibility index (Phi) is 3.05.